The van der Waals surface area contributed by atoms with E-state index in [2.05, 4.69) is 5.32 Å². The second kappa shape index (κ2) is 4.68. The Morgan fingerprint density at radius 2 is 2.11 bits per heavy atom. The number of hydrogen-bond acceptors (Lipinski definition) is 3. The number of anilines is 2. The third-order valence-electron chi connectivity index (χ3n) is 3.27. The lowest BCUT2D eigenvalue weighted by atomic mass is 10.0. The molecule has 96 valence electrons. The summed E-state index contributed by atoms with van der Waals surface area (Å²) < 4.78 is 0. The van der Waals surface area contributed by atoms with Crippen molar-refractivity contribution in [2.45, 2.75) is 19.8 Å². The third kappa shape index (κ3) is 2.61. The fraction of sp³-hybridized carbons (Fsp3) is 0.385. The molecular weight excluding hydrogens is 232 g/mol. The second-order valence-electron chi connectivity index (χ2n) is 4.73. The fourth-order valence-corrected chi connectivity index (χ4v) is 1.90. The van der Waals surface area contributed by atoms with Gasteiger partial charge in [-0.3, -0.25) is 4.79 Å². The van der Waals surface area contributed by atoms with Gasteiger partial charge in [-0.1, -0.05) is 6.92 Å². The Kier molecular flexibility index (Phi) is 3.23. The summed E-state index contributed by atoms with van der Waals surface area (Å²) in [5.74, 6) is -0.877. The highest BCUT2D eigenvalue weighted by molar-refractivity contribution is 6.01. The van der Waals surface area contributed by atoms with Gasteiger partial charge in [0.15, 0.2) is 0 Å². The molecule has 1 aromatic rings. The van der Waals surface area contributed by atoms with Crippen molar-refractivity contribution in [1.82, 2.24) is 0 Å². The van der Waals surface area contributed by atoms with Crippen molar-refractivity contribution in [3.8, 4) is 0 Å². The number of rotatable bonds is 4. The molecule has 0 radical (unpaired) electrons. The van der Waals surface area contributed by atoms with Crippen molar-refractivity contribution >= 4 is 23.3 Å². The molecular formula is C13H16N2O3. The molecule has 1 unspecified atom stereocenters. The van der Waals surface area contributed by atoms with Crippen LogP contribution in [0.3, 0.4) is 0 Å². The Balaban J connectivity index is 2.17. The Bertz CT molecular complexity index is 495. The number of hydrogen-bond donors (Lipinski definition) is 3. The minimum absolute atomic E-state index is 0.0198. The molecule has 0 aromatic heterocycles. The van der Waals surface area contributed by atoms with Crippen LogP contribution in [0.15, 0.2) is 18.2 Å². The number of carboxylic acid groups (broad SMARTS) is 1. The van der Waals surface area contributed by atoms with E-state index in [4.69, 9.17) is 10.8 Å². The summed E-state index contributed by atoms with van der Waals surface area (Å²) in [6.07, 6.45) is 2.14. The van der Waals surface area contributed by atoms with E-state index >= 15 is 0 Å². The largest absolute Gasteiger partial charge is 0.478 e. The van der Waals surface area contributed by atoms with Gasteiger partial charge >= 0.3 is 5.97 Å². The molecule has 1 aliphatic carbocycles. The molecule has 1 saturated carbocycles. The third-order valence-corrected chi connectivity index (χ3v) is 3.27. The monoisotopic (exact) mass is 248 g/mol. The first-order valence-electron chi connectivity index (χ1n) is 5.92. The summed E-state index contributed by atoms with van der Waals surface area (Å²) in [4.78, 5) is 23.0. The maximum absolute atomic E-state index is 11.9. The smallest absolute Gasteiger partial charge is 0.337 e. The predicted octanol–water partition coefficient (Wildman–Crippen LogP) is 1.95. The van der Waals surface area contributed by atoms with Crippen molar-refractivity contribution in [1.29, 1.82) is 0 Å². The van der Waals surface area contributed by atoms with E-state index in [-0.39, 0.29) is 17.4 Å². The molecule has 4 N–H and O–H groups in total. The average molecular weight is 248 g/mol. The van der Waals surface area contributed by atoms with Gasteiger partial charge in [0, 0.05) is 11.6 Å². The quantitative estimate of drug-likeness (QED) is 0.710. The normalized spacial score (nSPS) is 16.1. The highest BCUT2D eigenvalue weighted by atomic mass is 16.4. The Labute approximate surface area is 105 Å². The van der Waals surface area contributed by atoms with Gasteiger partial charge in [0.05, 0.1) is 11.3 Å². The number of carbonyl (C=O) groups is 2. The summed E-state index contributed by atoms with van der Waals surface area (Å²) in [5.41, 5.74) is 6.22. The number of aromatic carboxylic acids is 1. The molecule has 0 saturated heterocycles. The van der Waals surface area contributed by atoms with Crippen LogP contribution in [0.25, 0.3) is 0 Å². The van der Waals surface area contributed by atoms with Crippen molar-refractivity contribution in [3.63, 3.8) is 0 Å². The number of nitrogen functional groups attached to an aromatic ring is 1. The summed E-state index contributed by atoms with van der Waals surface area (Å²) in [5, 5.41) is 11.7. The summed E-state index contributed by atoms with van der Waals surface area (Å²) in [7, 11) is 0. The Hall–Kier alpha value is -2.04. The molecule has 1 aromatic carbocycles. The van der Waals surface area contributed by atoms with Crippen LogP contribution >= 0.6 is 0 Å². The molecule has 2 rings (SSSR count). The summed E-state index contributed by atoms with van der Waals surface area (Å²) >= 11 is 0. The molecule has 1 aliphatic rings. The lowest BCUT2D eigenvalue weighted by Crippen LogP contribution is -2.23. The van der Waals surface area contributed by atoms with Crippen LogP contribution in [0.5, 0.6) is 0 Å². The first kappa shape index (κ1) is 12.4. The highest BCUT2D eigenvalue weighted by Gasteiger charge is 2.32. The van der Waals surface area contributed by atoms with Crippen LogP contribution in [0.4, 0.5) is 11.4 Å². The molecule has 1 atom stereocenters. The van der Waals surface area contributed by atoms with Crippen molar-refractivity contribution in [3.05, 3.63) is 23.8 Å². The maximum Gasteiger partial charge on any atom is 0.337 e. The topological polar surface area (TPSA) is 92.4 Å². The SMILES string of the molecule is CC(C(=O)Nc1ccc(N)cc1C(=O)O)C1CC1. The highest BCUT2D eigenvalue weighted by Crippen LogP contribution is 2.37. The van der Waals surface area contributed by atoms with Crippen molar-refractivity contribution < 1.29 is 14.7 Å². The van der Waals surface area contributed by atoms with Gasteiger partial charge < -0.3 is 16.2 Å². The lowest BCUT2D eigenvalue weighted by molar-refractivity contribution is -0.119. The van der Waals surface area contributed by atoms with E-state index in [9.17, 15) is 9.59 Å². The average Bonchev–Trinajstić information content (AvgIpc) is 3.14. The molecule has 1 amide bonds. The molecule has 5 heteroatoms. The number of benzene rings is 1. The van der Waals surface area contributed by atoms with Crippen LogP contribution in [-0.4, -0.2) is 17.0 Å². The maximum atomic E-state index is 11.9. The number of carboxylic acids is 1. The Morgan fingerprint density at radius 3 is 2.67 bits per heavy atom. The lowest BCUT2D eigenvalue weighted by Gasteiger charge is -2.13. The standard InChI is InChI=1S/C13H16N2O3/c1-7(8-2-3-8)12(16)15-11-5-4-9(14)6-10(11)13(17)18/h4-8H,2-3,14H2,1H3,(H,15,16)(H,17,18). The molecule has 0 heterocycles. The van der Waals surface area contributed by atoms with Crippen LogP contribution in [-0.2, 0) is 4.79 Å². The summed E-state index contributed by atoms with van der Waals surface area (Å²) in [6, 6.07) is 4.44. The number of nitrogens with two attached hydrogens (primary N) is 1. The molecule has 0 spiro atoms. The number of nitrogens with one attached hydrogen (secondary N) is 1. The van der Waals surface area contributed by atoms with Gasteiger partial charge in [0.2, 0.25) is 5.91 Å². The molecule has 0 aliphatic heterocycles. The Morgan fingerprint density at radius 1 is 1.44 bits per heavy atom. The fourth-order valence-electron chi connectivity index (χ4n) is 1.90. The van der Waals surface area contributed by atoms with Gasteiger partial charge in [-0.05, 0) is 37.0 Å². The molecule has 18 heavy (non-hydrogen) atoms. The molecule has 1 fully saturated rings. The van der Waals surface area contributed by atoms with E-state index in [0.29, 0.717) is 17.3 Å². The van der Waals surface area contributed by atoms with Crippen LogP contribution in [0, 0.1) is 11.8 Å². The zero-order valence-corrected chi connectivity index (χ0v) is 10.1. The first-order valence-corrected chi connectivity index (χ1v) is 5.92. The minimum atomic E-state index is -1.10. The number of amides is 1. The predicted molar refractivity (Wildman–Crippen MR) is 68.3 cm³/mol. The minimum Gasteiger partial charge on any atom is -0.478 e. The van der Waals surface area contributed by atoms with Crippen molar-refractivity contribution in [2.24, 2.45) is 11.8 Å². The summed E-state index contributed by atoms with van der Waals surface area (Å²) in [6.45, 7) is 1.87. The zero-order chi connectivity index (χ0) is 13.3. The van der Waals surface area contributed by atoms with E-state index in [0.717, 1.165) is 12.8 Å². The zero-order valence-electron chi connectivity index (χ0n) is 10.1. The van der Waals surface area contributed by atoms with E-state index in [1.54, 1.807) is 6.07 Å². The van der Waals surface area contributed by atoms with E-state index < -0.39 is 5.97 Å². The van der Waals surface area contributed by atoms with Gasteiger partial charge in [-0.15, -0.1) is 0 Å². The van der Waals surface area contributed by atoms with Crippen LogP contribution < -0.4 is 11.1 Å². The van der Waals surface area contributed by atoms with Crippen LogP contribution in [0.1, 0.15) is 30.1 Å². The van der Waals surface area contributed by atoms with Crippen molar-refractivity contribution in [2.75, 3.05) is 11.1 Å². The van der Waals surface area contributed by atoms with E-state index in [1.807, 2.05) is 6.92 Å². The van der Waals surface area contributed by atoms with Gasteiger partial charge in [-0.2, -0.15) is 0 Å². The second-order valence-corrected chi connectivity index (χ2v) is 4.73. The number of carbonyl (C=O) groups excluding carboxylic acids is 1. The van der Waals surface area contributed by atoms with E-state index in [1.165, 1.54) is 12.1 Å². The molecule has 5 nitrogen and oxygen atoms in total. The molecule has 0 bridgehead atoms. The van der Waals surface area contributed by atoms with Gasteiger partial charge in [0.25, 0.3) is 0 Å². The van der Waals surface area contributed by atoms with Gasteiger partial charge in [-0.25, -0.2) is 4.79 Å². The first-order chi connectivity index (χ1) is 8.49. The van der Waals surface area contributed by atoms with Gasteiger partial charge in [0.1, 0.15) is 0 Å². The van der Waals surface area contributed by atoms with Crippen LogP contribution in [0.2, 0.25) is 0 Å².